The van der Waals surface area contributed by atoms with Gasteiger partial charge >= 0.3 is 0 Å². The topological polar surface area (TPSA) is 94.5 Å². The van der Waals surface area contributed by atoms with Gasteiger partial charge in [0, 0.05) is 25.2 Å². The molecule has 2 N–H and O–H groups in total. The second kappa shape index (κ2) is 9.09. The van der Waals surface area contributed by atoms with E-state index in [4.69, 9.17) is 4.98 Å². The zero-order valence-corrected chi connectivity index (χ0v) is 19.0. The van der Waals surface area contributed by atoms with E-state index in [-0.39, 0.29) is 12.6 Å². The molecule has 1 aliphatic carbocycles. The van der Waals surface area contributed by atoms with Crippen LogP contribution in [0.2, 0.25) is 0 Å². The van der Waals surface area contributed by atoms with E-state index in [1.54, 1.807) is 6.20 Å². The van der Waals surface area contributed by atoms with Gasteiger partial charge in [-0.1, -0.05) is 12.8 Å². The minimum absolute atomic E-state index is 0.137. The molecule has 0 amide bonds. The molecule has 5 rings (SSSR count). The van der Waals surface area contributed by atoms with E-state index >= 15 is 0 Å². The highest BCUT2D eigenvalue weighted by atomic mass is 32.1. The van der Waals surface area contributed by atoms with Crippen molar-refractivity contribution < 1.29 is 9.90 Å². The molecule has 3 aromatic rings. The van der Waals surface area contributed by atoms with Gasteiger partial charge in [0.15, 0.2) is 6.29 Å². The number of likely N-dealkylation sites (N-methyl/N-ethyl adjacent to an activating group) is 1. The highest BCUT2D eigenvalue weighted by Gasteiger charge is 2.26. The lowest BCUT2D eigenvalue weighted by atomic mass is 9.97. The van der Waals surface area contributed by atoms with Crippen molar-refractivity contribution in [3.63, 3.8) is 0 Å². The SMILES string of the molecule is CN1CCN(c2ccc(Nc3ncc4sc(C=O)c(C5CCCC5)c4n3)nc2)CC1CO. The number of anilines is 3. The summed E-state index contributed by atoms with van der Waals surface area (Å²) in [6.07, 6.45) is 9.26. The monoisotopic (exact) mass is 452 g/mol. The van der Waals surface area contributed by atoms with Crippen LogP contribution in [0.3, 0.4) is 0 Å². The molecule has 0 aromatic carbocycles. The average Bonchev–Trinajstić information content (AvgIpc) is 3.47. The summed E-state index contributed by atoms with van der Waals surface area (Å²) in [4.78, 5) is 30.7. The summed E-state index contributed by atoms with van der Waals surface area (Å²) in [6, 6.07) is 4.10. The largest absolute Gasteiger partial charge is 0.395 e. The van der Waals surface area contributed by atoms with Gasteiger partial charge in [-0.2, -0.15) is 0 Å². The molecule has 168 valence electrons. The number of hydrogen-bond acceptors (Lipinski definition) is 9. The molecule has 8 nitrogen and oxygen atoms in total. The molecule has 0 bridgehead atoms. The van der Waals surface area contributed by atoms with Crippen molar-refractivity contribution in [3.8, 4) is 0 Å². The molecular weight excluding hydrogens is 424 g/mol. The van der Waals surface area contributed by atoms with E-state index in [0.717, 1.165) is 65.1 Å². The fourth-order valence-corrected chi connectivity index (χ4v) is 5.84. The maximum Gasteiger partial charge on any atom is 0.228 e. The summed E-state index contributed by atoms with van der Waals surface area (Å²) in [7, 11) is 2.05. The maximum atomic E-state index is 11.7. The number of aldehydes is 1. The molecule has 4 heterocycles. The Balaban J connectivity index is 1.35. The van der Waals surface area contributed by atoms with E-state index in [0.29, 0.717) is 17.7 Å². The van der Waals surface area contributed by atoms with Crippen molar-refractivity contribution in [1.82, 2.24) is 19.9 Å². The summed E-state index contributed by atoms with van der Waals surface area (Å²) < 4.78 is 0.955. The van der Waals surface area contributed by atoms with Crippen LogP contribution in [-0.4, -0.2) is 70.6 Å². The summed E-state index contributed by atoms with van der Waals surface area (Å²) in [5.74, 6) is 1.58. The second-order valence-electron chi connectivity index (χ2n) is 8.68. The van der Waals surface area contributed by atoms with Gasteiger partial charge in [0.25, 0.3) is 0 Å². The number of pyridine rings is 1. The number of hydrogen-bond donors (Lipinski definition) is 2. The Bertz CT molecular complexity index is 1100. The van der Waals surface area contributed by atoms with Crippen LogP contribution in [0.15, 0.2) is 24.5 Å². The number of nitrogens with zero attached hydrogens (tertiary/aromatic N) is 5. The van der Waals surface area contributed by atoms with Crippen molar-refractivity contribution in [3.05, 3.63) is 35.0 Å². The van der Waals surface area contributed by atoms with E-state index < -0.39 is 0 Å². The number of carbonyl (C=O) groups excluding carboxylic acids is 1. The zero-order valence-electron chi connectivity index (χ0n) is 18.2. The third-order valence-electron chi connectivity index (χ3n) is 6.71. The first kappa shape index (κ1) is 21.2. The number of aliphatic hydroxyl groups is 1. The summed E-state index contributed by atoms with van der Waals surface area (Å²) in [6.45, 7) is 2.74. The first-order valence-corrected chi connectivity index (χ1v) is 12.0. The predicted octanol–water partition coefficient (Wildman–Crippen LogP) is 3.41. The highest BCUT2D eigenvalue weighted by molar-refractivity contribution is 7.20. The Kier molecular flexibility index (Phi) is 6.03. The number of piperazine rings is 1. The third kappa shape index (κ3) is 4.07. The Morgan fingerprint density at radius 1 is 1.22 bits per heavy atom. The molecule has 0 radical (unpaired) electrons. The minimum atomic E-state index is 0.137. The van der Waals surface area contributed by atoms with Crippen LogP contribution in [0.5, 0.6) is 0 Å². The number of aromatic nitrogens is 3. The van der Waals surface area contributed by atoms with Crippen LogP contribution in [0.4, 0.5) is 17.5 Å². The number of aliphatic hydroxyl groups excluding tert-OH is 1. The van der Waals surface area contributed by atoms with Crippen LogP contribution in [0.1, 0.15) is 46.8 Å². The molecule has 9 heteroatoms. The Morgan fingerprint density at radius 3 is 2.78 bits per heavy atom. The Hall–Kier alpha value is -2.62. The lowest BCUT2D eigenvalue weighted by Crippen LogP contribution is -2.53. The molecule has 1 saturated carbocycles. The molecule has 1 unspecified atom stereocenters. The van der Waals surface area contributed by atoms with Crippen molar-refractivity contribution >= 4 is 45.3 Å². The van der Waals surface area contributed by atoms with Crippen molar-refractivity contribution in [1.29, 1.82) is 0 Å². The summed E-state index contributed by atoms with van der Waals surface area (Å²) in [5, 5.41) is 12.8. The zero-order chi connectivity index (χ0) is 22.1. The molecule has 1 atom stereocenters. The number of rotatable bonds is 6. The average molecular weight is 453 g/mol. The number of thiophene rings is 1. The van der Waals surface area contributed by atoms with E-state index in [2.05, 4.69) is 25.1 Å². The van der Waals surface area contributed by atoms with Gasteiger partial charge in [-0.25, -0.2) is 15.0 Å². The van der Waals surface area contributed by atoms with Gasteiger partial charge in [0.2, 0.25) is 5.95 Å². The summed E-state index contributed by atoms with van der Waals surface area (Å²) in [5.41, 5.74) is 3.03. The first-order chi connectivity index (χ1) is 15.7. The molecular formula is C23H28N6O2S. The van der Waals surface area contributed by atoms with Gasteiger partial charge in [0.05, 0.1) is 45.8 Å². The lowest BCUT2D eigenvalue weighted by molar-refractivity contribution is 0.112. The summed E-state index contributed by atoms with van der Waals surface area (Å²) >= 11 is 1.48. The predicted molar refractivity (Wildman–Crippen MR) is 127 cm³/mol. The fourth-order valence-electron chi connectivity index (χ4n) is 4.82. The maximum absolute atomic E-state index is 11.7. The van der Waals surface area contributed by atoms with Gasteiger partial charge in [-0.15, -0.1) is 11.3 Å². The molecule has 1 saturated heterocycles. The van der Waals surface area contributed by atoms with Gasteiger partial charge in [-0.05, 0) is 37.9 Å². The smallest absolute Gasteiger partial charge is 0.228 e. The molecule has 2 fully saturated rings. The van der Waals surface area contributed by atoms with E-state index in [1.165, 1.54) is 24.2 Å². The van der Waals surface area contributed by atoms with Crippen LogP contribution in [0.25, 0.3) is 10.2 Å². The van der Waals surface area contributed by atoms with E-state index in [1.807, 2.05) is 25.4 Å². The van der Waals surface area contributed by atoms with Crippen molar-refractivity contribution in [2.45, 2.75) is 37.6 Å². The molecule has 2 aliphatic rings. The fraction of sp³-hybridized carbons (Fsp3) is 0.478. The van der Waals surface area contributed by atoms with E-state index in [9.17, 15) is 9.90 Å². The van der Waals surface area contributed by atoms with Crippen LogP contribution >= 0.6 is 11.3 Å². The second-order valence-corrected chi connectivity index (χ2v) is 9.76. The molecule has 32 heavy (non-hydrogen) atoms. The standard InChI is InChI=1S/C23H28N6O2S/c1-28-8-9-29(12-17(28)13-30)16-6-7-20(24-10-16)26-23-25-11-18-22(27-23)21(19(14-31)32-18)15-4-2-3-5-15/h6-7,10-11,14-15,17,30H,2-5,8-9,12-13H2,1H3,(H,24,25,26,27). The quantitative estimate of drug-likeness (QED) is 0.550. The van der Waals surface area contributed by atoms with Gasteiger partial charge in [0.1, 0.15) is 5.82 Å². The minimum Gasteiger partial charge on any atom is -0.395 e. The third-order valence-corrected chi connectivity index (χ3v) is 7.76. The number of carbonyl (C=O) groups is 1. The Labute approximate surface area is 191 Å². The van der Waals surface area contributed by atoms with Gasteiger partial charge in [-0.3, -0.25) is 9.69 Å². The first-order valence-electron chi connectivity index (χ1n) is 11.2. The Morgan fingerprint density at radius 2 is 2.06 bits per heavy atom. The van der Waals surface area contributed by atoms with Crippen LogP contribution < -0.4 is 10.2 Å². The van der Waals surface area contributed by atoms with Crippen molar-refractivity contribution in [2.75, 3.05) is 43.5 Å². The lowest BCUT2D eigenvalue weighted by Gasteiger charge is -2.39. The van der Waals surface area contributed by atoms with Crippen molar-refractivity contribution in [2.24, 2.45) is 0 Å². The van der Waals surface area contributed by atoms with Crippen LogP contribution in [-0.2, 0) is 0 Å². The number of nitrogens with one attached hydrogen (secondary N) is 1. The molecule has 0 spiro atoms. The van der Waals surface area contributed by atoms with Gasteiger partial charge < -0.3 is 15.3 Å². The van der Waals surface area contributed by atoms with Crippen LogP contribution in [0, 0.1) is 0 Å². The molecule has 3 aromatic heterocycles. The highest BCUT2D eigenvalue weighted by Crippen LogP contribution is 2.42. The normalized spacial score (nSPS) is 20.2. The number of fused-ring (bicyclic) bond motifs is 1. The molecule has 1 aliphatic heterocycles.